The van der Waals surface area contributed by atoms with Gasteiger partial charge in [-0.1, -0.05) is 18.2 Å². The Hall–Kier alpha value is -0.690. The summed E-state index contributed by atoms with van der Waals surface area (Å²) in [7, 11) is 0. The summed E-state index contributed by atoms with van der Waals surface area (Å²) in [4.78, 5) is 12.1. The van der Waals surface area contributed by atoms with Crippen LogP contribution in [-0.2, 0) is 6.42 Å². The van der Waals surface area contributed by atoms with E-state index in [-0.39, 0.29) is 19.0 Å². The molecule has 0 radical (unpaired) electrons. The highest BCUT2D eigenvalue weighted by Gasteiger charge is 2.15. The minimum absolute atomic E-state index is 0.0236. The second kappa shape index (κ2) is 7.36. The van der Waals surface area contributed by atoms with E-state index >= 15 is 0 Å². The smallest absolute Gasteiger partial charge is 0.202 e. The Morgan fingerprint density at radius 1 is 1.30 bits per heavy atom. The number of thiophene rings is 1. The molecule has 0 aliphatic heterocycles. The number of aliphatic hydroxyl groups is 1. The first-order valence-corrected chi connectivity index (χ1v) is 8.31. The molecule has 2 aromatic rings. The molecule has 0 bridgehead atoms. The lowest BCUT2D eigenvalue weighted by atomic mass is 10.1. The Labute approximate surface area is 137 Å². The zero-order valence-electron chi connectivity index (χ0n) is 10.4. The van der Waals surface area contributed by atoms with Gasteiger partial charge < -0.3 is 9.84 Å². The topological polar surface area (TPSA) is 46.5 Å². The summed E-state index contributed by atoms with van der Waals surface area (Å²) in [6, 6.07) is 9.19. The lowest BCUT2D eigenvalue weighted by Gasteiger charge is -2.09. The monoisotopic (exact) mass is 418 g/mol. The number of para-hydroxylation sites is 1. The second-order valence-electron chi connectivity index (χ2n) is 4.03. The SMILES string of the molecule is O=C(COc1ccccc1CCO)c1cc(Br)sc1Br. The number of carbonyl (C=O) groups excluding carboxylic acids is 1. The predicted molar refractivity (Wildman–Crippen MR) is 86.8 cm³/mol. The van der Waals surface area contributed by atoms with E-state index < -0.39 is 0 Å². The van der Waals surface area contributed by atoms with E-state index in [9.17, 15) is 4.79 Å². The highest BCUT2D eigenvalue weighted by molar-refractivity contribution is 9.12. The summed E-state index contributed by atoms with van der Waals surface area (Å²) in [5.74, 6) is 0.554. The largest absolute Gasteiger partial charge is 0.485 e. The van der Waals surface area contributed by atoms with Gasteiger partial charge in [0, 0.05) is 12.2 Å². The highest BCUT2D eigenvalue weighted by atomic mass is 79.9. The maximum Gasteiger partial charge on any atom is 0.202 e. The standard InChI is InChI=1S/C14H12Br2O3S/c15-13-7-10(14(16)20-13)11(18)8-19-12-4-2-1-3-9(12)5-6-17/h1-4,7,17H,5-6,8H2. The van der Waals surface area contributed by atoms with Crippen LogP contribution in [0.1, 0.15) is 15.9 Å². The average Bonchev–Trinajstić information content (AvgIpc) is 2.77. The van der Waals surface area contributed by atoms with Crippen LogP contribution in [0.5, 0.6) is 5.75 Å². The quantitative estimate of drug-likeness (QED) is 0.718. The van der Waals surface area contributed by atoms with Crippen LogP contribution in [0.2, 0.25) is 0 Å². The Morgan fingerprint density at radius 2 is 2.05 bits per heavy atom. The van der Waals surface area contributed by atoms with Crippen LogP contribution in [0.4, 0.5) is 0 Å². The van der Waals surface area contributed by atoms with E-state index in [1.54, 1.807) is 12.1 Å². The third-order valence-electron chi connectivity index (χ3n) is 2.67. The summed E-state index contributed by atoms with van der Waals surface area (Å²) in [6.07, 6.45) is 0.512. The number of aliphatic hydroxyl groups excluding tert-OH is 1. The normalized spacial score (nSPS) is 10.6. The average molecular weight is 420 g/mol. The van der Waals surface area contributed by atoms with Crippen LogP contribution >= 0.6 is 43.2 Å². The van der Waals surface area contributed by atoms with Crippen molar-refractivity contribution < 1.29 is 14.6 Å². The Morgan fingerprint density at radius 3 is 2.70 bits per heavy atom. The number of benzene rings is 1. The minimum atomic E-state index is -0.0855. The summed E-state index contributed by atoms with van der Waals surface area (Å²) in [6.45, 7) is 0.0293. The molecule has 6 heteroatoms. The van der Waals surface area contributed by atoms with Gasteiger partial charge >= 0.3 is 0 Å². The maximum atomic E-state index is 12.1. The number of hydrogen-bond acceptors (Lipinski definition) is 4. The summed E-state index contributed by atoms with van der Waals surface area (Å²) in [5.41, 5.74) is 1.51. The first-order valence-electron chi connectivity index (χ1n) is 5.91. The van der Waals surface area contributed by atoms with Gasteiger partial charge in [0.25, 0.3) is 0 Å². The number of halogens is 2. The van der Waals surface area contributed by atoms with E-state index in [1.807, 2.05) is 18.2 Å². The lowest BCUT2D eigenvalue weighted by Crippen LogP contribution is -2.12. The molecule has 1 N–H and O–H groups in total. The molecule has 0 unspecified atom stereocenters. The Bertz CT molecular complexity index is 610. The number of carbonyl (C=O) groups is 1. The van der Waals surface area contributed by atoms with Gasteiger partial charge in [-0.25, -0.2) is 0 Å². The zero-order chi connectivity index (χ0) is 14.5. The van der Waals surface area contributed by atoms with Gasteiger partial charge in [0.15, 0.2) is 6.61 Å². The summed E-state index contributed by atoms with van der Waals surface area (Å²) >= 11 is 8.16. The summed E-state index contributed by atoms with van der Waals surface area (Å²) < 4.78 is 7.27. The minimum Gasteiger partial charge on any atom is -0.485 e. The molecule has 0 spiro atoms. The molecular formula is C14H12Br2O3S. The lowest BCUT2D eigenvalue weighted by molar-refractivity contribution is 0.0920. The van der Waals surface area contributed by atoms with Gasteiger partial charge in [-0.15, -0.1) is 11.3 Å². The first-order chi connectivity index (χ1) is 9.61. The highest BCUT2D eigenvalue weighted by Crippen LogP contribution is 2.32. The van der Waals surface area contributed by atoms with Crippen LogP contribution in [0, 0.1) is 0 Å². The molecule has 0 amide bonds. The molecular weight excluding hydrogens is 408 g/mol. The zero-order valence-corrected chi connectivity index (χ0v) is 14.4. The van der Waals surface area contributed by atoms with Crippen molar-refractivity contribution in [2.45, 2.75) is 6.42 Å². The van der Waals surface area contributed by atoms with Gasteiger partial charge in [0.05, 0.1) is 7.57 Å². The number of Topliss-reactive ketones (excluding diaryl/α,β-unsaturated/α-hetero) is 1. The van der Waals surface area contributed by atoms with Gasteiger partial charge in [-0.2, -0.15) is 0 Å². The fourth-order valence-electron chi connectivity index (χ4n) is 1.72. The van der Waals surface area contributed by atoms with Crippen molar-refractivity contribution in [2.75, 3.05) is 13.2 Å². The molecule has 2 rings (SSSR count). The van der Waals surface area contributed by atoms with E-state index in [4.69, 9.17) is 9.84 Å². The Balaban J connectivity index is 2.05. The van der Waals surface area contributed by atoms with Gasteiger partial charge in [-0.05, 0) is 56.0 Å². The fraction of sp³-hybridized carbons (Fsp3) is 0.214. The van der Waals surface area contributed by atoms with Crippen molar-refractivity contribution in [1.29, 1.82) is 0 Å². The van der Waals surface area contributed by atoms with Crippen molar-refractivity contribution in [3.63, 3.8) is 0 Å². The second-order valence-corrected chi connectivity index (χ2v) is 7.78. The molecule has 0 aliphatic rings. The van der Waals surface area contributed by atoms with Crippen molar-refractivity contribution in [2.24, 2.45) is 0 Å². The number of ether oxygens (including phenoxy) is 1. The molecule has 0 fully saturated rings. The van der Waals surface area contributed by atoms with Crippen molar-refractivity contribution in [3.8, 4) is 5.75 Å². The van der Waals surface area contributed by atoms with Gasteiger partial charge in [0.2, 0.25) is 5.78 Å². The molecule has 0 saturated carbocycles. The number of hydrogen-bond donors (Lipinski definition) is 1. The first kappa shape index (κ1) is 15.7. The molecule has 0 aliphatic carbocycles. The number of rotatable bonds is 6. The number of ketones is 1. The third kappa shape index (κ3) is 3.91. The maximum absolute atomic E-state index is 12.1. The van der Waals surface area contributed by atoms with E-state index in [0.29, 0.717) is 17.7 Å². The van der Waals surface area contributed by atoms with Crippen LogP contribution < -0.4 is 4.74 Å². The van der Waals surface area contributed by atoms with E-state index in [1.165, 1.54) is 11.3 Å². The van der Waals surface area contributed by atoms with Crippen LogP contribution in [-0.4, -0.2) is 24.1 Å². The molecule has 1 heterocycles. The fourth-order valence-corrected chi connectivity index (χ4v) is 4.58. The third-order valence-corrected chi connectivity index (χ3v) is 5.01. The Kier molecular flexibility index (Phi) is 5.77. The molecule has 106 valence electrons. The van der Waals surface area contributed by atoms with Gasteiger partial charge in [0.1, 0.15) is 5.75 Å². The van der Waals surface area contributed by atoms with Crippen molar-refractivity contribution in [3.05, 3.63) is 49.0 Å². The van der Waals surface area contributed by atoms with Crippen molar-refractivity contribution >= 4 is 49.0 Å². The summed E-state index contributed by atoms with van der Waals surface area (Å²) in [5, 5.41) is 9.01. The molecule has 1 aromatic heterocycles. The van der Waals surface area contributed by atoms with Crippen molar-refractivity contribution in [1.82, 2.24) is 0 Å². The molecule has 3 nitrogen and oxygen atoms in total. The molecule has 20 heavy (non-hydrogen) atoms. The molecule has 0 saturated heterocycles. The molecule has 1 aromatic carbocycles. The molecule has 0 atom stereocenters. The van der Waals surface area contributed by atoms with Crippen LogP contribution in [0.15, 0.2) is 37.9 Å². The van der Waals surface area contributed by atoms with Crippen LogP contribution in [0.3, 0.4) is 0 Å². The van der Waals surface area contributed by atoms with Crippen LogP contribution in [0.25, 0.3) is 0 Å². The van der Waals surface area contributed by atoms with Gasteiger partial charge in [-0.3, -0.25) is 4.79 Å². The van der Waals surface area contributed by atoms with E-state index in [0.717, 1.165) is 13.1 Å². The predicted octanol–water partition coefficient (Wildman–Crippen LogP) is 4.07. The van der Waals surface area contributed by atoms with E-state index in [2.05, 4.69) is 31.9 Å².